The third kappa shape index (κ3) is 4.17. The van der Waals surface area contributed by atoms with Gasteiger partial charge in [0, 0.05) is 23.9 Å². The highest BCUT2D eigenvalue weighted by Crippen LogP contribution is 2.24. The Kier molecular flexibility index (Phi) is 5.50. The molecule has 3 rings (SSSR count). The Hall–Kier alpha value is -2.09. The number of hydrogen-bond acceptors (Lipinski definition) is 4. The Labute approximate surface area is 156 Å². The molecule has 0 spiro atoms. The summed E-state index contributed by atoms with van der Waals surface area (Å²) in [7, 11) is -3.56. The minimum absolute atomic E-state index is 0.252. The molecule has 0 unspecified atom stereocenters. The van der Waals surface area contributed by atoms with Crippen LogP contribution in [0.15, 0.2) is 52.7 Å². The third-order valence-electron chi connectivity index (χ3n) is 4.14. The number of hydrogen-bond donors (Lipinski definition) is 1. The maximum absolute atomic E-state index is 13.3. The van der Waals surface area contributed by atoms with Gasteiger partial charge in [0.2, 0.25) is 10.0 Å². The molecule has 3 aromatic rings. The average Bonchev–Trinajstić information content (AvgIpc) is 3.06. The fourth-order valence-corrected chi connectivity index (χ4v) is 4.78. The van der Waals surface area contributed by atoms with E-state index >= 15 is 0 Å². The highest BCUT2D eigenvalue weighted by Gasteiger charge is 2.17. The molecular formula is C19H19FN2O2S2. The predicted molar refractivity (Wildman–Crippen MR) is 102 cm³/mol. The van der Waals surface area contributed by atoms with Gasteiger partial charge in [0.15, 0.2) is 0 Å². The molecule has 0 aliphatic carbocycles. The van der Waals surface area contributed by atoms with Gasteiger partial charge in [-0.15, -0.1) is 11.3 Å². The first-order chi connectivity index (χ1) is 12.4. The molecule has 26 heavy (non-hydrogen) atoms. The smallest absolute Gasteiger partial charge is 0.240 e. The Morgan fingerprint density at radius 2 is 1.92 bits per heavy atom. The van der Waals surface area contributed by atoms with Crippen molar-refractivity contribution in [2.75, 3.05) is 6.54 Å². The zero-order valence-electron chi connectivity index (χ0n) is 14.5. The summed E-state index contributed by atoms with van der Waals surface area (Å²) in [5.41, 5.74) is 3.18. The Morgan fingerprint density at radius 3 is 2.69 bits per heavy atom. The first kappa shape index (κ1) is 18.7. The van der Waals surface area contributed by atoms with Gasteiger partial charge in [0.1, 0.15) is 10.8 Å². The molecule has 0 fully saturated rings. The van der Waals surface area contributed by atoms with Crippen molar-refractivity contribution in [3.05, 3.63) is 70.5 Å². The van der Waals surface area contributed by atoms with Crippen LogP contribution in [0.2, 0.25) is 0 Å². The number of nitrogens with one attached hydrogen (secondary N) is 1. The van der Waals surface area contributed by atoms with Crippen LogP contribution in [0, 0.1) is 19.7 Å². The van der Waals surface area contributed by atoms with Crippen molar-refractivity contribution in [3.63, 3.8) is 0 Å². The van der Waals surface area contributed by atoms with Gasteiger partial charge in [-0.3, -0.25) is 0 Å². The van der Waals surface area contributed by atoms with Gasteiger partial charge in [0.25, 0.3) is 0 Å². The van der Waals surface area contributed by atoms with E-state index in [0.29, 0.717) is 11.3 Å². The number of aryl methyl sites for hydroxylation is 1. The summed E-state index contributed by atoms with van der Waals surface area (Å²) in [6, 6.07) is 11.5. The molecule has 2 aromatic carbocycles. The number of benzene rings is 2. The number of thiazole rings is 1. The zero-order chi connectivity index (χ0) is 18.7. The monoisotopic (exact) mass is 390 g/mol. The Morgan fingerprint density at radius 1 is 1.15 bits per heavy atom. The highest BCUT2D eigenvalue weighted by atomic mass is 32.2. The van der Waals surface area contributed by atoms with E-state index in [1.54, 1.807) is 31.2 Å². The summed E-state index contributed by atoms with van der Waals surface area (Å²) in [6.45, 7) is 3.94. The predicted octanol–water partition coefficient (Wildman–Crippen LogP) is 4.09. The first-order valence-corrected chi connectivity index (χ1v) is 10.5. The highest BCUT2D eigenvalue weighted by molar-refractivity contribution is 7.89. The van der Waals surface area contributed by atoms with E-state index in [1.165, 1.54) is 23.5 Å². The molecule has 0 bridgehead atoms. The number of halogens is 1. The molecule has 0 aliphatic heterocycles. The van der Waals surface area contributed by atoms with Gasteiger partial charge in [0.05, 0.1) is 10.6 Å². The van der Waals surface area contributed by atoms with Crippen molar-refractivity contribution in [2.24, 2.45) is 0 Å². The second-order valence-electron chi connectivity index (χ2n) is 6.00. The molecule has 4 nitrogen and oxygen atoms in total. The molecule has 7 heteroatoms. The minimum atomic E-state index is -3.56. The van der Waals surface area contributed by atoms with Crippen molar-refractivity contribution in [3.8, 4) is 10.6 Å². The van der Waals surface area contributed by atoms with E-state index in [4.69, 9.17) is 0 Å². The standard InChI is InChI=1S/C19H19FN2O2S2/c1-13-5-3-8-18(14(13)2)26(23,24)21-10-9-17-12-25-19(22-17)15-6-4-7-16(20)11-15/h3-8,11-12,21H,9-10H2,1-2H3. The molecule has 136 valence electrons. The number of aromatic nitrogens is 1. The van der Waals surface area contributed by atoms with Crippen molar-refractivity contribution in [2.45, 2.75) is 25.2 Å². The summed E-state index contributed by atoms with van der Waals surface area (Å²) < 4.78 is 40.9. The van der Waals surface area contributed by atoms with E-state index in [-0.39, 0.29) is 12.4 Å². The molecule has 1 aromatic heterocycles. The normalized spacial score (nSPS) is 11.7. The van der Waals surface area contributed by atoms with Crippen LogP contribution in [0.5, 0.6) is 0 Å². The summed E-state index contributed by atoms with van der Waals surface area (Å²) in [5, 5.41) is 2.59. The van der Waals surface area contributed by atoms with Crippen molar-refractivity contribution < 1.29 is 12.8 Å². The Bertz CT molecular complexity index is 1030. The molecule has 0 aliphatic rings. The maximum Gasteiger partial charge on any atom is 0.240 e. The van der Waals surface area contributed by atoms with Gasteiger partial charge < -0.3 is 0 Å². The second kappa shape index (κ2) is 7.65. The van der Waals surface area contributed by atoms with E-state index in [0.717, 1.165) is 27.4 Å². The minimum Gasteiger partial charge on any atom is -0.241 e. The van der Waals surface area contributed by atoms with E-state index in [2.05, 4.69) is 9.71 Å². The van der Waals surface area contributed by atoms with Crippen LogP contribution < -0.4 is 4.72 Å². The lowest BCUT2D eigenvalue weighted by atomic mass is 10.1. The SMILES string of the molecule is Cc1cccc(S(=O)(=O)NCCc2csc(-c3cccc(F)c3)n2)c1C. The van der Waals surface area contributed by atoms with Crippen molar-refractivity contribution in [1.82, 2.24) is 9.71 Å². The molecule has 0 radical (unpaired) electrons. The molecule has 0 saturated heterocycles. The van der Waals surface area contributed by atoms with E-state index in [1.807, 2.05) is 18.4 Å². The van der Waals surface area contributed by atoms with E-state index in [9.17, 15) is 12.8 Å². The van der Waals surface area contributed by atoms with Crippen LogP contribution in [-0.2, 0) is 16.4 Å². The van der Waals surface area contributed by atoms with Gasteiger partial charge in [-0.1, -0.05) is 24.3 Å². The van der Waals surface area contributed by atoms with Gasteiger partial charge in [-0.25, -0.2) is 22.5 Å². The number of nitrogens with zero attached hydrogens (tertiary/aromatic N) is 1. The fraction of sp³-hybridized carbons (Fsp3) is 0.211. The number of sulfonamides is 1. The lowest BCUT2D eigenvalue weighted by Gasteiger charge is -2.10. The molecule has 1 heterocycles. The van der Waals surface area contributed by atoms with Gasteiger partial charge in [-0.2, -0.15) is 0 Å². The summed E-state index contributed by atoms with van der Waals surface area (Å²) in [4.78, 5) is 4.76. The quantitative estimate of drug-likeness (QED) is 0.690. The van der Waals surface area contributed by atoms with Gasteiger partial charge in [-0.05, 0) is 43.2 Å². The van der Waals surface area contributed by atoms with Crippen LogP contribution in [0.3, 0.4) is 0 Å². The number of rotatable bonds is 6. The lowest BCUT2D eigenvalue weighted by Crippen LogP contribution is -2.26. The molecule has 0 amide bonds. The maximum atomic E-state index is 13.3. The third-order valence-corrected chi connectivity index (χ3v) is 6.69. The van der Waals surface area contributed by atoms with Crippen LogP contribution >= 0.6 is 11.3 Å². The zero-order valence-corrected chi connectivity index (χ0v) is 16.1. The average molecular weight is 391 g/mol. The first-order valence-electron chi connectivity index (χ1n) is 8.13. The second-order valence-corrected chi connectivity index (χ2v) is 8.59. The lowest BCUT2D eigenvalue weighted by molar-refractivity contribution is 0.580. The van der Waals surface area contributed by atoms with Crippen LogP contribution in [-0.4, -0.2) is 19.9 Å². The van der Waals surface area contributed by atoms with Crippen LogP contribution in [0.4, 0.5) is 4.39 Å². The molecular weight excluding hydrogens is 371 g/mol. The topological polar surface area (TPSA) is 59.1 Å². The summed E-state index contributed by atoms with van der Waals surface area (Å²) in [5.74, 6) is -0.305. The van der Waals surface area contributed by atoms with Crippen molar-refractivity contribution >= 4 is 21.4 Å². The van der Waals surface area contributed by atoms with Crippen LogP contribution in [0.1, 0.15) is 16.8 Å². The molecule has 1 N–H and O–H groups in total. The van der Waals surface area contributed by atoms with Crippen LogP contribution in [0.25, 0.3) is 10.6 Å². The van der Waals surface area contributed by atoms with Crippen molar-refractivity contribution in [1.29, 1.82) is 0 Å². The molecule has 0 atom stereocenters. The Balaban J connectivity index is 1.66. The van der Waals surface area contributed by atoms with Gasteiger partial charge >= 0.3 is 0 Å². The summed E-state index contributed by atoms with van der Waals surface area (Å²) >= 11 is 1.42. The summed E-state index contributed by atoms with van der Waals surface area (Å²) in [6.07, 6.45) is 0.468. The van der Waals surface area contributed by atoms with E-state index < -0.39 is 10.0 Å². The molecule has 0 saturated carbocycles. The largest absolute Gasteiger partial charge is 0.241 e. The fourth-order valence-electron chi connectivity index (χ4n) is 2.58.